The molecule has 2 aliphatic carbocycles. The molecule has 0 bridgehead atoms. The van der Waals surface area contributed by atoms with Gasteiger partial charge in [0.2, 0.25) is 6.04 Å². The maximum atomic E-state index is 11.8. The van der Waals surface area contributed by atoms with Crippen LogP contribution in [0, 0.1) is 16.0 Å². The van der Waals surface area contributed by atoms with Gasteiger partial charge in [-0.05, 0) is 12.8 Å². The molecule has 0 aromatic rings. The third-order valence-electron chi connectivity index (χ3n) is 4.15. The third-order valence-corrected chi connectivity index (χ3v) is 4.15. The summed E-state index contributed by atoms with van der Waals surface area (Å²) >= 11 is 0. The van der Waals surface area contributed by atoms with E-state index in [1.807, 2.05) is 0 Å². The Bertz CT molecular complexity index is 404. The Morgan fingerprint density at radius 3 is 2.33 bits per heavy atom. The molecule has 0 radical (unpaired) electrons. The summed E-state index contributed by atoms with van der Waals surface area (Å²) in [5.41, 5.74) is 0. The highest BCUT2D eigenvalue weighted by Crippen LogP contribution is 2.33. The summed E-state index contributed by atoms with van der Waals surface area (Å²) in [4.78, 5) is 33.2. The van der Waals surface area contributed by atoms with Crippen LogP contribution in [0.25, 0.3) is 0 Å². The van der Waals surface area contributed by atoms with Crippen LogP contribution >= 0.6 is 0 Å². The molecule has 0 aromatic carbocycles. The van der Waals surface area contributed by atoms with Crippen LogP contribution < -0.4 is 5.32 Å². The normalized spacial score (nSPS) is 26.3. The number of hydrogen-bond acceptors (Lipinski definition) is 5. The minimum atomic E-state index is -0.828. The molecule has 1 N–H and O–H groups in total. The van der Waals surface area contributed by atoms with Crippen LogP contribution in [0.3, 0.4) is 0 Å². The smallest absolute Gasteiger partial charge is 0.316 e. The van der Waals surface area contributed by atoms with Crippen molar-refractivity contribution < 1.29 is 19.2 Å². The van der Waals surface area contributed by atoms with Gasteiger partial charge in [0.15, 0.2) is 6.61 Å². The molecule has 2 rings (SSSR count). The third kappa shape index (κ3) is 4.99. The largest absolute Gasteiger partial charge is 0.455 e. The average molecular weight is 298 g/mol. The molecule has 2 unspecified atom stereocenters. The first-order valence-corrected chi connectivity index (χ1v) is 7.67. The molecule has 0 aliphatic heterocycles. The van der Waals surface area contributed by atoms with Crippen LogP contribution in [0.2, 0.25) is 0 Å². The van der Waals surface area contributed by atoms with Gasteiger partial charge in [-0.15, -0.1) is 0 Å². The summed E-state index contributed by atoms with van der Waals surface area (Å²) in [5.74, 6) is -1.62. The van der Waals surface area contributed by atoms with Gasteiger partial charge >= 0.3 is 5.97 Å². The van der Waals surface area contributed by atoms with Crippen molar-refractivity contribution in [1.29, 1.82) is 0 Å². The molecule has 0 saturated heterocycles. The molecule has 0 spiro atoms. The van der Waals surface area contributed by atoms with E-state index in [1.165, 1.54) is 19.3 Å². The van der Waals surface area contributed by atoms with Gasteiger partial charge in [-0.3, -0.25) is 19.7 Å². The van der Waals surface area contributed by atoms with Gasteiger partial charge in [-0.25, -0.2) is 0 Å². The number of rotatable bonds is 5. The van der Waals surface area contributed by atoms with E-state index in [0.717, 1.165) is 25.7 Å². The predicted octanol–water partition coefficient (Wildman–Crippen LogP) is 1.42. The number of esters is 1. The zero-order valence-corrected chi connectivity index (χ0v) is 12.1. The summed E-state index contributed by atoms with van der Waals surface area (Å²) in [7, 11) is 0. The van der Waals surface area contributed by atoms with Gasteiger partial charge in [-0.2, -0.15) is 0 Å². The van der Waals surface area contributed by atoms with Crippen molar-refractivity contribution in [3.63, 3.8) is 0 Å². The van der Waals surface area contributed by atoms with Crippen molar-refractivity contribution in [2.75, 3.05) is 6.61 Å². The molecule has 7 nitrogen and oxygen atoms in total. The molecule has 118 valence electrons. The number of nitro groups is 1. The lowest BCUT2D eigenvalue weighted by atomic mass is 9.97. The number of carbonyl (C=O) groups is 2. The summed E-state index contributed by atoms with van der Waals surface area (Å²) in [5, 5.41) is 13.3. The zero-order valence-electron chi connectivity index (χ0n) is 12.1. The van der Waals surface area contributed by atoms with Crippen LogP contribution in [0.4, 0.5) is 0 Å². The maximum Gasteiger partial charge on any atom is 0.316 e. The van der Waals surface area contributed by atoms with E-state index in [4.69, 9.17) is 4.74 Å². The highest BCUT2D eigenvalue weighted by molar-refractivity contribution is 5.82. The fourth-order valence-electron chi connectivity index (χ4n) is 2.78. The molecular weight excluding hydrogens is 276 g/mol. The fraction of sp³-hybridized carbons (Fsp3) is 0.857. The van der Waals surface area contributed by atoms with Crippen LogP contribution in [0.5, 0.6) is 0 Å². The number of nitrogens with one attached hydrogen (secondary N) is 1. The first-order valence-electron chi connectivity index (χ1n) is 7.67. The van der Waals surface area contributed by atoms with Gasteiger partial charge < -0.3 is 10.1 Å². The molecule has 2 fully saturated rings. The van der Waals surface area contributed by atoms with Crippen molar-refractivity contribution in [3.8, 4) is 0 Å². The van der Waals surface area contributed by atoms with Gasteiger partial charge in [0.1, 0.15) is 5.92 Å². The topological polar surface area (TPSA) is 98.5 Å². The molecule has 7 heteroatoms. The Balaban J connectivity index is 1.65. The lowest BCUT2D eigenvalue weighted by Crippen LogP contribution is -2.38. The van der Waals surface area contributed by atoms with E-state index in [-0.39, 0.29) is 25.0 Å². The van der Waals surface area contributed by atoms with Gasteiger partial charge in [-0.1, -0.05) is 32.1 Å². The van der Waals surface area contributed by atoms with Crippen molar-refractivity contribution in [2.24, 2.45) is 5.92 Å². The molecule has 2 saturated carbocycles. The van der Waals surface area contributed by atoms with Gasteiger partial charge in [0, 0.05) is 17.4 Å². The minimum absolute atomic E-state index is 0.156. The monoisotopic (exact) mass is 298 g/mol. The van der Waals surface area contributed by atoms with Crippen LogP contribution in [-0.4, -0.2) is 35.5 Å². The number of hydrogen-bond donors (Lipinski definition) is 1. The van der Waals surface area contributed by atoms with Gasteiger partial charge in [0.25, 0.3) is 5.91 Å². The Hall–Kier alpha value is -1.66. The van der Waals surface area contributed by atoms with Crippen molar-refractivity contribution in [3.05, 3.63) is 10.1 Å². The van der Waals surface area contributed by atoms with E-state index in [9.17, 15) is 19.7 Å². The van der Waals surface area contributed by atoms with E-state index in [2.05, 4.69) is 5.32 Å². The molecule has 2 aliphatic rings. The number of amides is 1. The second kappa shape index (κ2) is 7.38. The standard InChI is InChI=1S/C14H22N2O5/c17-13(15-10-6-4-2-1-3-5-7-10)9-21-14(18)11-8-12(11)16(19)20/h10-12H,1-9H2,(H,15,17). The van der Waals surface area contributed by atoms with Crippen molar-refractivity contribution in [2.45, 2.75) is 63.5 Å². The number of ether oxygens (including phenoxy) is 1. The van der Waals surface area contributed by atoms with E-state index >= 15 is 0 Å². The lowest BCUT2D eigenvalue weighted by molar-refractivity contribution is -0.497. The Morgan fingerprint density at radius 1 is 1.14 bits per heavy atom. The second-order valence-corrected chi connectivity index (χ2v) is 5.91. The van der Waals surface area contributed by atoms with Crippen molar-refractivity contribution in [1.82, 2.24) is 5.32 Å². The zero-order chi connectivity index (χ0) is 15.2. The predicted molar refractivity (Wildman–Crippen MR) is 74.1 cm³/mol. The molecular formula is C14H22N2O5. The summed E-state index contributed by atoms with van der Waals surface area (Å²) < 4.78 is 4.85. The number of carbonyl (C=O) groups excluding carboxylic acids is 2. The average Bonchev–Trinajstić information content (AvgIpc) is 3.19. The fourth-order valence-corrected chi connectivity index (χ4v) is 2.78. The Labute approximate surface area is 123 Å². The highest BCUT2D eigenvalue weighted by atomic mass is 16.6. The summed E-state index contributed by atoms with van der Waals surface area (Å²) in [6.45, 7) is -0.337. The van der Waals surface area contributed by atoms with E-state index in [0.29, 0.717) is 0 Å². The molecule has 2 atom stereocenters. The van der Waals surface area contributed by atoms with E-state index in [1.54, 1.807) is 0 Å². The second-order valence-electron chi connectivity index (χ2n) is 5.91. The SMILES string of the molecule is O=C(COC(=O)C1CC1[N+](=O)[O-])NC1CCCCCCC1. The Morgan fingerprint density at radius 2 is 1.76 bits per heavy atom. The quantitative estimate of drug-likeness (QED) is 0.470. The highest BCUT2D eigenvalue weighted by Gasteiger charge is 2.54. The van der Waals surface area contributed by atoms with E-state index < -0.39 is 22.9 Å². The van der Waals surface area contributed by atoms with Crippen LogP contribution in [0.15, 0.2) is 0 Å². The minimum Gasteiger partial charge on any atom is -0.455 e. The molecule has 0 aromatic heterocycles. The van der Waals surface area contributed by atoms with Gasteiger partial charge in [0.05, 0.1) is 0 Å². The van der Waals surface area contributed by atoms with Crippen molar-refractivity contribution >= 4 is 11.9 Å². The van der Waals surface area contributed by atoms with Crippen LogP contribution in [0.1, 0.15) is 51.4 Å². The Kier molecular flexibility index (Phi) is 5.52. The lowest BCUT2D eigenvalue weighted by Gasteiger charge is -2.20. The molecule has 21 heavy (non-hydrogen) atoms. The molecule has 1 amide bonds. The maximum absolute atomic E-state index is 11.8. The molecule has 0 heterocycles. The van der Waals surface area contributed by atoms with Crippen LogP contribution in [-0.2, 0) is 14.3 Å². The first kappa shape index (κ1) is 15.7. The summed E-state index contributed by atoms with van der Waals surface area (Å²) in [6, 6.07) is -0.671. The number of nitrogens with zero attached hydrogens (tertiary/aromatic N) is 1. The first-order chi connectivity index (χ1) is 10.1. The summed E-state index contributed by atoms with van der Waals surface area (Å²) in [6.07, 6.45) is 8.02.